The monoisotopic (exact) mass is 250 g/mol. The van der Waals surface area contributed by atoms with Crippen LogP contribution in [0.15, 0.2) is 6.33 Å². The second-order valence-corrected chi connectivity index (χ2v) is 4.95. The number of hydrogen-bond acceptors (Lipinski definition) is 4. The fourth-order valence-corrected chi connectivity index (χ4v) is 2.56. The predicted molar refractivity (Wildman–Crippen MR) is 64.9 cm³/mol. The van der Waals surface area contributed by atoms with Crippen LogP contribution in [0.2, 0.25) is 0 Å². The molecule has 3 N–H and O–H groups in total. The molecule has 2 aliphatic heterocycles. The quantitative estimate of drug-likeness (QED) is 0.674. The van der Waals surface area contributed by atoms with Gasteiger partial charge in [0.2, 0.25) is 5.91 Å². The molecule has 1 fully saturated rings. The lowest BCUT2D eigenvalue weighted by molar-refractivity contribution is -0.124. The van der Waals surface area contributed by atoms with E-state index in [0.717, 1.165) is 24.4 Å². The van der Waals surface area contributed by atoms with E-state index in [-0.39, 0.29) is 24.1 Å². The van der Waals surface area contributed by atoms with Crippen molar-refractivity contribution in [3.63, 3.8) is 0 Å². The van der Waals surface area contributed by atoms with Crippen LogP contribution in [0, 0.1) is 0 Å². The average molecular weight is 250 g/mol. The number of rotatable bonds is 2. The van der Waals surface area contributed by atoms with Crippen molar-refractivity contribution in [3.8, 4) is 0 Å². The van der Waals surface area contributed by atoms with Crippen LogP contribution < -0.4 is 10.6 Å². The van der Waals surface area contributed by atoms with Gasteiger partial charge >= 0.3 is 0 Å². The molecular weight excluding hydrogens is 232 g/mol. The zero-order chi connectivity index (χ0) is 12.5. The maximum absolute atomic E-state index is 12.2. The topological polar surface area (TPSA) is 79.0 Å². The van der Waals surface area contributed by atoms with E-state index < -0.39 is 0 Å². The zero-order valence-electron chi connectivity index (χ0n) is 10.4. The molecule has 0 bridgehead atoms. The highest BCUT2D eigenvalue weighted by molar-refractivity contribution is 5.82. The SMILES string of the molecule is CC1OCCC1NC(=O)C1Cc2nc[nH]c2CN1. The molecule has 0 aliphatic carbocycles. The summed E-state index contributed by atoms with van der Waals surface area (Å²) in [6.07, 6.45) is 3.33. The Labute approximate surface area is 106 Å². The molecule has 3 unspecified atom stereocenters. The summed E-state index contributed by atoms with van der Waals surface area (Å²) >= 11 is 0. The molecule has 0 spiro atoms. The zero-order valence-corrected chi connectivity index (χ0v) is 10.4. The van der Waals surface area contributed by atoms with Crippen LogP contribution in [0.1, 0.15) is 24.7 Å². The summed E-state index contributed by atoms with van der Waals surface area (Å²) in [7, 11) is 0. The highest BCUT2D eigenvalue weighted by atomic mass is 16.5. The van der Waals surface area contributed by atoms with Gasteiger partial charge in [-0.05, 0) is 13.3 Å². The molecule has 6 nitrogen and oxygen atoms in total. The molecule has 1 amide bonds. The van der Waals surface area contributed by atoms with Crippen molar-refractivity contribution >= 4 is 5.91 Å². The van der Waals surface area contributed by atoms with Crippen molar-refractivity contribution in [1.29, 1.82) is 0 Å². The number of carbonyl (C=O) groups excluding carboxylic acids is 1. The van der Waals surface area contributed by atoms with E-state index in [1.165, 1.54) is 0 Å². The molecule has 0 aromatic carbocycles. The summed E-state index contributed by atoms with van der Waals surface area (Å²) in [5.74, 6) is 0.0472. The van der Waals surface area contributed by atoms with Crippen molar-refractivity contribution in [2.24, 2.45) is 0 Å². The summed E-state index contributed by atoms with van der Waals surface area (Å²) in [5, 5.41) is 6.28. The van der Waals surface area contributed by atoms with Crippen LogP contribution >= 0.6 is 0 Å². The molecule has 0 radical (unpaired) electrons. The van der Waals surface area contributed by atoms with Crippen molar-refractivity contribution in [1.82, 2.24) is 20.6 Å². The predicted octanol–water partition coefficient (Wildman–Crippen LogP) is -0.282. The fourth-order valence-electron chi connectivity index (χ4n) is 2.56. The summed E-state index contributed by atoms with van der Waals surface area (Å²) in [5.41, 5.74) is 2.07. The molecule has 3 atom stereocenters. The Bertz CT molecular complexity index is 445. The number of amides is 1. The van der Waals surface area contributed by atoms with Gasteiger partial charge in [0.05, 0.1) is 35.9 Å². The van der Waals surface area contributed by atoms with Crippen LogP contribution in [0.4, 0.5) is 0 Å². The molecule has 1 saturated heterocycles. The third-order valence-corrected chi connectivity index (χ3v) is 3.75. The van der Waals surface area contributed by atoms with Crippen molar-refractivity contribution < 1.29 is 9.53 Å². The Hall–Kier alpha value is -1.40. The Morgan fingerprint density at radius 3 is 3.28 bits per heavy atom. The number of carbonyl (C=O) groups is 1. The smallest absolute Gasteiger partial charge is 0.237 e. The van der Waals surface area contributed by atoms with E-state index in [2.05, 4.69) is 20.6 Å². The first kappa shape index (κ1) is 11.7. The fraction of sp³-hybridized carbons (Fsp3) is 0.667. The lowest BCUT2D eigenvalue weighted by Gasteiger charge is -2.25. The molecule has 2 aliphatic rings. The molecule has 1 aromatic heterocycles. The van der Waals surface area contributed by atoms with Gasteiger partial charge in [0.15, 0.2) is 0 Å². The Morgan fingerprint density at radius 2 is 2.50 bits per heavy atom. The van der Waals surface area contributed by atoms with Crippen LogP contribution in [0.25, 0.3) is 0 Å². The van der Waals surface area contributed by atoms with Crippen LogP contribution in [0.3, 0.4) is 0 Å². The standard InChI is InChI=1S/C12H18N4O2/c1-7-8(2-3-18-7)16-12(17)10-4-9-11(5-13-10)15-6-14-9/h6-8,10,13H,2-5H2,1H3,(H,14,15)(H,16,17). The number of nitrogens with one attached hydrogen (secondary N) is 3. The third-order valence-electron chi connectivity index (χ3n) is 3.75. The van der Waals surface area contributed by atoms with Crippen molar-refractivity contribution in [2.45, 2.75) is 44.5 Å². The van der Waals surface area contributed by atoms with Gasteiger partial charge in [-0.1, -0.05) is 0 Å². The first-order valence-electron chi connectivity index (χ1n) is 6.40. The van der Waals surface area contributed by atoms with E-state index in [0.29, 0.717) is 13.0 Å². The van der Waals surface area contributed by atoms with Crippen LogP contribution in [0.5, 0.6) is 0 Å². The summed E-state index contributed by atoms with van der Waals surface area (Å²) < 4.78 is 5.45. The van der Waals surface area contributed by atoms with E-state index in [4.69, 9.17) is 4.74 Å². The first-order chi connectivity index (χ1) is 8.74. The van der Waals surface area contributed by atoms with E-state index in [9.17, 15) is 4.79 Å². The highest BCUT2D eigenvalue weighted by Crippen LogP contribution is 2.15. The van der Waals surface area contributed by atoms with Gasteiger partial charge in [0, 0.05) is 19.6 Å². The molecule has 6 heteroatoms. The highest BCUT2D eigenvalue weighted by Gasteiger charge is 2.30. The first-order valence-corrected chi connectivity index (χ1v) is 6.40. The lowest BCUT2D eigenvalue weighted by Crippen LogP contribution is -2.51. The van der Waals surface area contributed by atoms with Gasteiger partial charge < -0.3 is 15.0 Å². The number of H-pyrrole nitrogens is 1. The Kier molecular flexibility index (Phi) is 3.05. The molecule has 0 saturated carbocycles. The van der Waals surface area contributed by atoms with Crippen LogP contribution in [-0.4, -0.2) is 40.7 Å². The Morgan fingerprint density at radius 1 is 1.61 bits per heavy atom. The van der Waals surface area contributed by atoms with Gasteiger partial charge in [0.1, 0.15) is 0 Å². The number of fused-ring (bicyclic) bond motifs is 1. The third kappa shape index (κ3) is 2.13. The second kappa shape index (κ2) is 4.70. The maximum Gasteiger partial charge on any atom is 0.237 e. The van der Waals surface area contributed by atoms with Gasteiger partial charge in [-0.2, -0.15) is 0 Å². The van der Waals surface area contributed by atoms with E-state index >= 15 is 0 Å². The summed E-state index contributed by atoms with van der Waals surface area (Å²) in [4.78, 5) is 19.5. The molecule has 3 rings (SSSR count). The molecule has 1 aromatic rings. The maximum atomic E-state index is 12.2. The minimum absolute atomic E-state index is 0.0472. The molecular formula is C12H18N4O2. The summed E-state index contributed by atoms with van der Waals surface area (Å²) in [6, 6.07) is -0.0477. The normalized spacial score (nSPS) is 31.1. The number of aromatic amines is 1. The van der Waals surface area contributed by atoms with E-state index in [1.807, 2.05) is 6.92 Å². The molecule has 3 heterocycles. The van der Waals surface area contributed by atoms with Crippen molar-refractivity contribution in [2.75, 3.05) is 6.61 Å². The van der Waals surface area contributed by atoms with Crippen molar-refractivity contribution in [3.05, 3.63) is 17.7 Å². The number of imidazole rings is 1. The molecule has 18 heavy (non-hydrogen) atoms. The van der Waals surface area contributed by atoms with Gasteiger partial charge in [-0.15, -0.1) is 0 Å². The number of nitrogens with zero attached hydrogens (tertiary/aromatic N) is 1. The molecule has 98 valence electrons. The van der Waals surface area contributed by atoms with Gasteiger partial charge in [-0.25, -0.2) is 4.98 Å². The number of hydrogen-bond donors (Lipinski definition) is 3. The number of aromatic nitrogens is 2. The average Bonchev–Trinajstić information content (AvgIpc) is 2.98. The largest absolute Gasteiger partial charge is 0.376 e. The van der Waals surface area contributed by atoms with Crippen LogP contribution in [-0.2, 0) is 22.5 Å². The second-order valence-electron chi connectivity index (χ2n) is 4.95. The van der Waals surface area contributed by atoms with E-state index in [1.54, 1.807) is 6.33 Å². The summed E-state index contributed by atoms with van der Waals surface area (Å²) in [6.45, 7) is 3.40. The minimum atomic E-state index is -0.186. The lowest BCUT2D eigenvalue weighted by atomic mass is 10.0. The van der Waals surface area contributed by atoms with Gasteiger partial charge in [0.25, 0.3) is 0 Å². The number of ether oxygens (including phenoxy) is 1. The minimum Gasteiger partial charge on any atom is -0.376 e. The van der Waals surface area contributed by atoms with Gasteiger partial charge in [-0.3, -0.25) is 10.1 Å². The Balaban J connectivity index is 1.61.